The van der Waals surface area contributed by atoms with E-state index >= 15 is 0 Å². The van der Waals surface area contributed by atoms with Crippen molar-refractivity contribution in [3.63, 3.8) is 0 Å². The number of carbonyl (C=O) groups is 1. The molecular weight excluding hydrogens is 297 g/mol. The lowest BCUT2D eigenvalue weighted by Crippen LogP contribution is -2.36. The number of methoxy groups -OCH3 is 1. The van der Waals surface area contributed by atoms with Crippen LogP contribution in [0.2, 0.25) is 0 Å². The number of halogens is 2. The summed E-state index contributed by atoms with van der Waals surface area (Å²) < 4.78 is 4.20. The molecule has 0 saturated heterocycles. The summed E-state index contributed by atoms with van der Waals surface area (Å²) in [5, 5.41) is 3.03. The van der Waals surface area contributed by atoms with E-state index in [1.165, 1.54) is 0 Å². The van der Waals surface area contributed by atoms with E-state index in [0.29, 0.717) is 6.42 Å². The van der Waals surface area contributed by atoms with Gasteiger partial charge >= 0.3 is 0 Å². The van der Waals surface area contributed by atoms with Crippen LogP contribution in [0.3, 0.4) is 0 Å². The molecule has 0 radical (unpaired) electrons. The molecule has 1 aliphatic rings. The Labute approximate surface area is 129 Å². The highest BCUT2D eigenvalue weighted by Crippen LogP contribution is 2.63. The van der Waals surface area contributed by atoms with Crippen LogP contribution in [0.25, 0.3) is 0 Å². The zero-order valence-electron chi connectivity index (χ0n) is 11.9. The predicted molar refractivity (Wildman–Crippen MR) is 81.3 cm³/mol. The van der Waals surface area contributed by atoms with E-state index in [9.17, 15) is 4.79 Å². The van der Waals surface area contributed by atoms with E-state index in [1.807, 2.05) is 31.2 Å². The van der Waals surface area contributed by atoms with Crippen molar-refractivity contribution >= 4 is 29.1 Å². The Balaban J connectivity index is 2.07. The average molecular weight is 316 g/mol. The third-order valence-electron chi connectivity index (χ3n) is 3.99. The Morgan fingerprint density at radius 2 is 1.95 bits per heavy atom. The SMILES string of the molecule is CCC(NC(=O)C1(C)CC1(Cl)Cl)c1ccc(OC)cc1. The fourth-order valence-corrected chi connectivity index (χ4v) is 2.93. The van der Waals surface area contributed by atoms with Crippen molar-refractivity contribution in [1.29, 1.82) is 0 Å². The number of alkyl halides is 2. The summed E-state index contributed by atoms with van der Waals surface area (Å²) in [5.74, 6) is 0.704. The minimum atomic E-state index is -0.935. The zero-order chi connectivity index (χ0) is 15.0. The van der Waals surface area contributed by atoms with E-state index < -0.39 is 9.75 Å². The van der Waals surface area contributed by atoms with Gasteiger partial charge in [0.1, 0.15) is 10.1 Å². The Morgan fingerprint density at radius 3 is 2.35 bits per heavy atom. The highest BCUT2D eigenvalue weighted by molar-refractivity contribution is 6.53. The first-order valence-corrected chi connectivity index (χ1v) is 7.42. The van der Waals surface area contributed by atoms with Gasteiger partial charge < -0.3 is 10.1 Å². The molecule has 1 aromatic rings. The lowest BCUT2D eigenvalue weighted by molar-refractivity contribution is -0.126. The van der Waals surface area contributed by atoms with Gasteiger partial charge in [0, 0.05) is 0 Å². The summed E-state index contributed by atoms with van der Waals surface area (Å²) in [5.41, 5.74) is 0.358. The molecule has 0 bridgehead atoms. The first kappa shape index (κ1) is 15.5. The summed E-state index contributed by atoms with van der Waals surface area (Å²) in [7, 11) is 1.63. The highest BCUT2D eigenvalue weighted by atomic mass is 35.5. The van der Waals surface area contributed by atoms with Gasteiger partial charge in [0.15, 0.2) is 0 Å². The Kier molecular flexibility index (Phi) is 4.22. The number of amides is 1. The molecule has 2 unspecified atom stereocenters. The number of nitrogens with one attached hydrogen (secondary N) is 1. The zero-order valence-corrected chi connectivity index (χ0v) is 13.4. The van der Waals surface area contributed by atoms with Gasteiger partial charge in [-0.2, -0.15) is 0 Å². The topological polar surface area (TPSA) is 38.3 Å². The molecule has 0 aromatic heterocycles. The second kappa shape index (κ2) is 5.45. The summed E-state index contributed by atoms with van der Waals surface area (Å²) in [6, 6.07) is 7.64. The summed E-state index contributed by atoms with van der Waals surface area (Å²) in [6.45, 7) is 3.82. The lowest BCUT2D eigenvalue weighted by atomic mass is 10.0. The second-order valence-corrected chi connectivity index (χ2v) is 6.90. The van der Waals surface area contributed by atoms with Crippen LogP contribution in [-0.2, 0) is 4.79 Å². The van der Waals surface area contributed by atoms with Crippen LogP contribution in [0.4, 0.5) is 0 Å². The van der Waals surface area contributed by atoms with Gasteiger partial charge in [0.2, 0.25) is 5.91 Å². The predicted octanol–water partition coefficient (Wildman–Crippen LogP) is 3.85. The maximum absolute atomic E-state index is 12.3. The van der Waals surface area contributed by atoms with Gasteiger partial charge in [-0.3, -0.25) is 4.79 Å². The number of hydrogen-bond donors (Lipinski definition) is 1. The molecule has 0 spiro atoms. The van der Waals surface area contributed by atoms with Crippen molar-refractivity contribution in [3.8, 4) is 5.75 Å². The molecule has 3 nitrogen and oxygen atoms in total. The molecule has 1 aromatic carbocycles. The van der Waals surface area contributed by atoms with Crippen LogP contribution >= 0.6 is 23.2 Å². The van der Waals surface area contributed by atoms with Crippen LogP contribution < -0.4 is 10.1 Å². The van der Waals surface area contributed by atoms with Gasteiger partial charge in [-0.15, -0.1) is 23.2 Å². The van der Waals surface area contributed by atoms with Crippen molar-refractivity contribution in [3.05, 3.63) is 29.8 Å². The quantitative estimate of drug-likeness (QED) is 0.838. The molecule has 1 saturated carbocycles. The minimum Gasteiger partial charge on any atom is -0.497 e. The van der Waals surface area contributed by atoms with Crippen LogP contribution in [0, 0.1) is 5.41 Å². The van der Waals surface area contributed by atoms with E-state index in [2.05, 4.69) is 5.32 Å². The van der Waals surface area contributed by atoms with Gasteiger partial charge in [0.05, 0.1) is 18.6 Å². The molecule has 1 N–H and O–H groups in total. The molecular formula is C15H19Cl2NO2. The van der Waals surface area contributed by atoms with Crippen LogP contribution in [0.15, 0.2) is 24.3 Å². The van der Waals surface area contributed by atoms with Crippen molar-refractivity contribution in [2.75, 3.05) is 7.11 Å². The largest absolute Gasteiger partial charge is 0.497 e. The first-order valence-electron chi connectivity index (χ1n) is 6.67. The molecule has 110 valence electrons. The van der Waals surface area contributed by atoms with E-state index in [4.69, 9.17) is 27.9 Å². The molecule has 1 fully saturated rings. The van der Waals surface area contributed by atoms with Crippen molar-refractivity contribution < 1.29 is 9.53 Å². The smallest absolute Gasteiger partial charge is 0.229 e. The maximum atomic E-state index is 12.3. The Bertz CT molecular complexity index is 501. The Hall–Kier alpha value is -0.930. The molecule has 0 heterocycles. The number of hydrogen-bond acceptors (Lipinski definition) is 2. The fraction of sp³-hybridized carbons (Fsp3) is 0.533. The summed E-state index contributed by atoms with van der Waals surface area (Å²) in [4.78, 5) is 12.3. The van der Waals surface area contributed by atoms with Gasteiger partial charge in [-0.05, 0) is 37.5 Å². The molecule has 0 aliphatic heterocycles. The van der Waals surface area contributed by atoms with Crippen molar-refractivity contribution in [2.24, 2.45) is 5.41 Å². The minimum absolute atomic E-state index is 0.0463. The van der Waals surface area contributed by atoms with Crippen molar-refractivity contribution in [1.82, 2.24) is 5.32 Å². The standard InChI is InChI=1S/C15H19Cl2NO2/c1-4-12(10-5-7-11(20-3)8-6-10)18-13(19)14(2)9-15(14,16)17/h5-8,12H,4,9H2,1-3H3,(H,18,19). The van der Waals surface area contributed by atoms with Crippen LogP contribution in [0.5, 0.6) is 5.75 Å². The third kappa shape index (κ3) is 2.75. The molecule has 2 atom stereocenters. The average Bonchev–Trinajstić information content (AvgIpc) is 2.96. The first-order chi connectivity index (χ1) is 9.34. The fourth-order valence-electron chi connectivity index (χ4n) is 2.22. The molecule has 5 heteroatoms. The van der Waals surface area contributed by atoms with Crippen molar-refractivity contribution in [2.45, 2.75) is 37.1 Å². The number of benzene rings is 1. The monoisotopic (exact) mass is 315 g/mol. The van der Waals surface area contributed by atoms with Gasteiger partial charge in [-0.1, -0.05) is 19.1 Å². The lowest BCUT2D eigenvalue weighted by Gasteiger charge is -2.21. The third-order valence-corrected chi connectivity index (χ3v) is 5.09. The van der Waals surface area contributed by atoms with Crippen LogP contribution in [0.1, 0.15) is 38.3 Å². The molecule has 1 aliphatic carbocycles. The second-order valence-electron chi connectivity index (χ2n) is 5.42. The van der Waals surface area contributed by atoms with Gasteiger partial charge in [-0.25, -0.2) is 0 Å². The molecule has 1 amide bonds. The molecule has 2 rings (SSSR count). The number of ether oxygens (including phenoxy) is 1. The van der Waals surface area contributed by atoms with Gasteiger partial charge in [0.25, 0.3) is 0 Å². The summed E-state index contributed by atoms with van der Waals surface area (Å²) in [6.07, 6.45) is 1.29. The highest BCUT2D eigenvalue weighted by Gasteiger charge is 2.68. The number of carbonyl (C=O) groups excluding carboxylic acids is 1. The normalized spacial score (nSPS) is 24.9. The van der Waals surface area contributed by atoms with E-state index in [1.54, 1.807) is 14.0 Å². The molecule has 20 heavy (non-hydrogen) atoms. The maximum Gasteiger partial charge on any atom is 0.229 e. The summed E-state index contributed by atoms with van der Waals surface area (Å²) >= 11 is 12.1. The number of rotatable bonds is 5. The van der Waals surface area contributed by atoms with Crippen LogP contribution in [-0.4, -0.2) is 17.4 Å². The van der Waals surface area contributed by atoms with E-state index in [0.717, 1.165) is 17.7 Å². The Morgan fingerprint density at radius 1 is 1.40 bits per heavy atom. The van der Waals surface area contributed by atoms with E-state index in [-0.39, 0.29) is 11.9 Å².